The van der Waals surface area contributed by atoms with Crippen LogP contribution in [0.5, 0.6) is 5.75 Å². The SMILES string of the molecule is COc1c(C)cc(C(=O)N2CCC(C(=O)O)(c3ccccc3)CC2)cc1C. The van der Waals surface area contributed by atoms with Crippen molar-refractivity contribution in [3.63, 3.8) is 0 Å². The van der Waals surface area contributed by atoms with Gasteiger partial charge in [0, 0.05) is 18.7 Å². The van der Waals surface area contributed by atoms with Gasteiger partial charge < -0.3 is 14.7 Å². The van der Waals surface area contributed by atoms with Crippen molar-refractivity contribution in [2.24, 2.45) is 0 Å². The van der Waals surface area contributed by atoms with Crippen molar-refractivity contribution in [3.8, 4) is 5.75 Å². The van der Waals surface area contributed by atoms with Gasteiger partial charge in [-0.3, -0.25) is 9.59 Å². The number of benzene rings is 2. The van der Waals surface area contributed by atoms with Gasteiger partial charge in [-0.25, -0.2) is 0 Å². The van der Waals surface area contributed by atoms with Crippen molar-refractivity contribution in [2.75, 3.05) is 20.2 Å². The van der Waals surface area contributed by atoms with E-state index in [-0.39, 0.29) is 5.91 Å². The van der Waals surface area contributed by atoms with E-state index in [1.807, 2.05) is 56.3 Å². The zero-order valence-corrected chi connectivity index (χ0v) is 16.0. The van der Waals surface area contributed by atoms with E-state index < -0.39 is 11.4 Å². The molecule has 1 fully saturated rings. The Morgan fingerprint density at radius 2 is 1.59 bits per heavy atom. The van der Waals surface area contributed by atoms with Crippen LogP contribution in [-0.4, -0.2) is 42.1 Å². The van der Waals surface area contributed by atoms with E-state index in [0.717, 1.165) is 22.4 Å². The number of hydrogen-bond donors (Lipinski definition) is 1. The number of carbonyl (C=O) groups is 2. The minimum Gasteiger partial charge on any atom is -0.496 e. The quantitative estimate of drug-likeness (QED) is 0.897. The fourth-order valence-corrected chi connectivity index (χ4v) is 4.05. The minimum atomic E-state index is -0.927. The maximum Gasteiger partial charge on any atom is 0.314 e. The number of likely N-dealkylation sites (tertiary alicyclic amines) is 1. The summed E-state index contributed by atoms with van der Waals surface area (Å²) in [6.45, 7) is 4.68. The summed E-state index contributed by atoms with van der Waals surface area (Å²) in [5, 5.41) is 9.90. The monoisotopic (exact) mass is 367 g/mol. The molecule has 1 saturated heterocycles. The number of aliphatic carboxylic acids is 1. The Balaban J connectivity index is 1.81. The first-order chi connectivity index (χ1) is 12.9. The summed E-state index contributed by atoms with van der Waals surface area (Å²) in [5.41, 5.74) is 2.34. The maximum atomic E-state index is 13.0. The molecule has 0 spiro atoms. The highest BCUT2D eigenvalue weighted by Gasteiger charge is 2.43. The first kappa shape index (κ1) is 19.0. The molecule has 2 aromatic carbocycles. The Bertz CT molecular complexity index is 829. The molecule has 0 radical (unpaired) electrons. The topological polar surface area (TPSA) is 66.8 Å². The Hall–Kier alpha value is -2.82. The number of carbonyl (C=O) groups excluding carboxylic acids is 1. The van der Waals surface area contributed by atoms with E-state index in [9.17, 15) is 14.7 Å². The van der Waals surface area contributed by atoms with Crippen LogP contribution in [0.1, 0.15) is 39.9 Å². The predicted octanol–water partition coefficient (Wildman–Crippen LogP) is 3.57. The van der Waals surface area contributed by atoms with Crippen LogP contribution < -0.4 is 4.74 Å². The Kier molecular flexibility index (Phi) is 5.22. The number of aryl methyl sites for hydroxylation is 2. The van der Waals surface area contributed by atoms with E-state index >= 15 is 0 Å². The second-order valence-electron chi connectivity index (χ2n) is 7.19. The number of ether oxygens (including phenoxy) is 1. The van der Waals surface area contributed by atoms with Gasteiger partial charge >= 0.3 is 5.97 Å². The van der Waals surface area contributed by atoms with Gasteiger partial charge in [0.25, 0.3) is 5.91 Å². The largest absolute Gasteiger partial charge is 0.496 e. The molecule has 3 rings (SSSR count). The van der Waals surface area contributed by atoms with E-state index in [1.54, 1.807) is 12.0 Å². The van der Waals surface area contributed by atoms with Crippen LogP contribution in [-0.2, 0) is 10.2 Å². The van der Waals surface area contributed by atoms with E-state index in [0.29, 0.717) is 31.5 Å². The highest BCUT2D eigenvalue weighted by molar-refractivity contribution is 5.95. The first-order valence-corrected chi connectivity index (χ1v) is 9.12. The van der Waals surface area contributed by atoms with Crippen molar-refractivity contribution in [1.29, 1.82) is 0 Å². The minimum absolute atomic E-state index is 0.0593. The summed E-state index contributed by atoms with van der Waals surface area (Å²) >= 11 is 0. The van der Waals surface area contributed by atoms with Gasteiger partial charge in [0.2, 0.25) is 0 Å². The van der Waals surface area contributed by atoms with Crippen LogP contribution in [0.4, 0.5) is 0 Å². The van der Waals surface area contributed by atoms with Gasteiger partial charge in [0.1, 0.15) is 5.75 Å². The molecule has 27 heavy (non-hydrogen) atoms. The van der Waals surface area contributed by atoms with Crippen LogP contribution in [0.15, 0.2) is 42.5 Å². The normalized spacial score (nSPS) is 16.0. The Morgan fingerprint density at radius 1 is 1.04 bits per heavy atom. The number of carboxylic acids is 1. The number of amides is 1. The summed E-state index contributed by atoms with van der Waals surface area (Å²) in [6, 6.07) is 13.0. The van der Waals surface area contributed by atoms with Gasteiger partial charge in [-0.05, 0) is 55.5 Å². The molecule has 5 nitrogen and oxygen atoms in total. The van der Waals surface area contributed by atoms with Crippen LogP contribution in [0, 0.1) is 13.8 Å². The van der Waals surface area contributed by atoms with Crippen LogP contribution >= 0.6 is 0 Å². The number of carboxylic acid groups (broad SMARTS) is 1. The molecule has 2 aromatic rings. The third-order valence-corrected chi connectivity index (χ3v) is 5.55. The molecule has 1 aliphatic rings. The lowest BCUT2D eigenvalue weighted by Crippen LogP contribution is -2.49. The van der Waals surface area contributed by atoms with Crippen molar-refractivity contribution in [3.05, 3.63) is 64.7 Å². The van der Waals surface area contributed by atoms with Crippen molar-refractivity contribution >= 4 is 11.9 Å². The third kappa shape index (κ3) is 3.42. The Morgan fingerprint density at radius 3 is 2.07 bits per heavy atom. The van der Waals surface area contributed by atoms with Crippen LogP contribution in [0.25, 0.3) is 0 Å². The maximum absolute atomic E-state index is 13.0. The lowest BCUT2D eigenvalue weighted by molar-refractivity contribution is -0.145. The molecule has 5 heteroatoms. The van der Waals surface area contributed by atoms with Crippen molar-refractivity contribution < 1.29 is 19.4 Å². The molecule has 1 aliphatic heterocycles. The number of nitrogens with zero attached hydrogens (tertiary/aromatic N) is 1. The fraction of sp³-hybridized carbons (Fsp3) is 0.364. The zero-order chi connectivity index (χ0) is 19.6. The Labute approximate surface area is 159 Å². The molecule has 0 unspecified atom stereocenters. The summed E-state index contributed by atoms with van der Waals surface area (Å²) in [7, 11) is 1.62. The molecule has 142 valence electrons. The number of piperidine rings is 1. The summed E-state index contributed by atoms with van der Waals surface area (Å²) in [5.74, 6) is -0.0907. The average molecular weight is 367 g/mol. The van der Waals surface area contributed by atoms with Gasteiger partial charge in [-0.1, -0.05) is 30.3 Å². The lowest BCUT2D eigenvalue weighted by atomic mass is 9.72. The highest BCUT2D eigenvalue weighted by atomic mass is 16.5. The van der Waals surface area contributed by atoms with E-state index in [4.69, 9.17) is 4.74 Å². The van der Waals surface area contributed by atoms with Gasteiger partial charge in [-0.2, -0.15) is 0 Å². The first-order valence-electron chi connectivity index (χ1n) is 9.12. The second kappa shape index (κ2) is 7.43. The van der Waals surface area contributed by atoms with Crippen LogP contribution in [0.2, 0.25) is 0 Å². The smallest absolute Gasteiger partial charge is 0.314 e. The number of rotatable bonds is 4. The van der Waals surface area contributed by atoms with Gasteiger partial charge in [0.15, 0.2) is 0 Å². The predicted molar refractivity (Wildman–Crippen MR) is 103 cm³/mol. The molecule has 1 amide bonds. The third-order valence-electron chi connectivity index (χ3n) is 5.55. The van der Waals surface area contributed by atoms with Gasteiger partial charge in [0.05, 0.1) is 12.5 Å². The summed E-state index contributed by atoms with van der Waals surface area (Å²) in [6.07, 6.45) is 0.818. The van der Waals surface area contributed by atoms with Crippen LogP contribution in [0.3, 0.4) is 0 Å². The number of hydrogen-bond acceptors (Lipinski definition) is 3. The summed E-state index contributed by atoms with van der Waals surface area (Å²) < 4.78 is 5.37. The molecule has 1 heterocycles. The fourth-order valence-electron chi connectivity index (χ4n) is 4.05. The average Bonchev–Trinajstić information content (AvgIpc) is 2.67. The molecule has 0 saturated carbocycles. The molecular weight excluding hydrogens is 342 g/mol. The van der Waals surface area contributed by atoms with Crippen molar-refractivity contribution in [2.45, 2.75) is 32.1 Å². The zero-order valence-electron chi connectivity index (χ0n) is 16.0. The molecule has 0 atom stereocenters. The van der Waals surface area contributed by atoms with Crippen molar-refractivity contribution in [1.82, 2.24) is 4.90 Å². The number of methoxy groups -OCH3 is 1. The van der Waals surface area contributed by atoms with Gasteiger partial charge in [-0.15, -0.1) is 0 Å². The molecule has 0 bridgehead atoms. The van der Waals surface area contributed by atoms with E-state index in [1.165, 1.54) is 0 Å². The molecule has 1 N–H and O–H groups in total. The van der Waals surface area contributed by atoms with E-state index in [2.05, 4.69) is 0 Å². The summed E-state index contributed by atoms with van der Waals surface area (Å²) in [4.78, 5) is 26.8. The second-order valence-corrected chi connectivity index (χ2v) is 7.19. The molecule has 0 aromatic heterocycles. The standard InChI is InChI=1S/C22H25NO4/c1-15-13-17(14-16(2)19(15)27-3)20(24)23-11-9-22(10-12-23,21(25)26)18-7-5-4-6-8-18/h4-8,13-14H,9-12H2,1-3H3,(H,25,26). The molecular formula is C22H25NO4. The molecule has 0 aliphatic carbocycles. The highest BCUT2D eigenvalue weighted by Crippen LogP contribution is 2.36. The lowest BCUT2D eigenvalue weighted by Gasteiger charge is -2.39.